The highest BCUT2D eigenvalue weighted by atomic mass is 16.6. The van der Waals surface area contributed by atoms with Gasteiger partial charge in [0.25, 0.3) is 0 Å². The summed E-state index contributed by atoms with van der Waals surface area (Å²) in [6.45, 7) is 8.40. The highest BCUT2D eigenvalue weighted by Crippen LogP contribution is 2.31. The number of likely N-dealkylation sites (tertiary alicyclic amines) is 1. The Morgan fingerprint density at radius 3 is 2.69 bits per heavy atom. The lowest BCUT2D eigenvalue weighted by molar-refractivity contribution is 0.0104. The van der Waals surface area contributed by atoms with Crippen LogP contribution in [-0.2, 0) is 4.74 Å². The van der Waals surface area contributed by atoms with Crippen molar-refractivity contribution in [3.8, 4) is 16.9 Å². The lowest BCUT2D eigenvalue weighted by Gasteiger charge is -2.41. The molecule has 5 rings (SSSR count). The Balaban J connectivity index is 1.31. The first-order valence-electron chi connectivity index (χ1n) is 12.2. The second-order valence-electron chi connectivity index (χ2n) is 10.3. The number of aromatic nitrogens is 6. The van der Waals surface area contributed by atoms with Gasteiger partial charge < -0.3 is 14.5 Å². The minimum atomic E-state index is -0.497. The topological polar surface area (TPSA) is 105 Å². The number of H-pyrrole nitrogens is 1. The van der Waals surface area contributed by atoms with Crippen molar-refractivity contribution in [2.24, 2.45) is 0 Å². The van der Waals surface area contributed by atoms with Crippen molar-refractivity contribution in [3.63, 3.8) is 0 Å². The van der Waals surface area contributed by atoms with E-state index in [0.29, 0.717) is 6.54 Å². The van der Waals surface area contributed by atoms with E-state index in [1.54, 1.807) is 12.4 Å². The Bertz CT molecular complexity index is 1340. The van der Waals surface area contributed by atoms with Crippen LogP contribution in [0, 0.1) is 0 Å². The van der Waals surface area contributed by atoms with Crippen molar-refractivity contribution >= 4 is 22.8 Å². The van der Waals surface area contributed by atoms with Crippen molar-refractivity contribution in [1.29, 1.82) is 0 Å². The van der Waals surface area contributed by atoms with Gasteiger partial charge in [-0.2, -0.15) is 10.2 Å². The first-order chi connectivity index (χ1) is 17.2. The van der Waals surface area contributed by atoms with Gasteiger partial charge in [0.05, 0.1) is 23.1 Å². The molecule has 2 atom stereocenters. The maximum Gasteiger partial charge on any atom is 0.410 e. The number of fused-ring (bicyclic) bond motifs is 1. The number of benzene rings is 1. The first-order valence-corrected chi connectivity index (χ1v) is 12.2. The number of amides is 1. The number of nitrogens with one attached hydrogen (secondary N) is 1. The Morgan fingerprint density at radius 1 is 1.19 bits per heavy atom. The normalized spacial score (nSPS) is 18.4. The minimum absolute atomic E-state index is 0.0789. The Hall–Kier alpha value is -3.95. The van der Waals surface area contributed by atoms with Gasteiger partial charge in [-0.1, -0.05) is 0 Å². The van der Waals surface area contributed by atoms with Gasteiger partial charge >= 0.3 is 6.09 Å². The quantitative estimate of drug-likeness (QED) is 0.453. The number of ether oxygens (including phenoxy) is 1. The minimum Gasteiger partial charge on any atom is -0.444 e. The summed E-state index contributed by atoms with van der Waals surface area (Å²) in [6.07, 6.45) is 6.89. The second kappa shape index (κ2) is 9.25. The van der Waals surface area contributed by atoms with E-state index < -0.39 is 5.60 Å². The molecular weight excluding hydrogens is 456 g/mol. The molecule has 1 N–H and O–H groups in total. The van der Waals surface area contributed by atoms with Gasteiger partial charge in [0.15, 0.2) is 5.82 Å². The summed E-state index contributed by atoms with van der Waals surface area (Å²) in [4.78, 5) is 16.5. The van der Waals surface area contributed by atoms with Crippen LogP contribution < -0.4 is 4.90 Å². The van der Waals surface area contributed by atoms with E-state index in [-0.39, 0.29) is 18.2 Å². The number of hydrogen-bond donors (Lipinski definition) is 1. The zero-order valence-electron chi connectivity index (χ0n) is 21.3. The molecule has 0 radical (unpaired) electrons. The predicted molar refractivity (Wildman–Crippen MR) is 138 cm³/mol. The van der Waals surface area contributed by atoms with E-state index in [4.69, 9.17) is 4.74 Å². The molecule has 188 valence electrons. The molecule has 3 aromatic heterocycles. The van der Waals surface area contributed by atoms with Gasteiger partial charge in [0.1, 0.15) is 5.60 Å². The third-order valence-electron chi connectivity index (χ3n) is 6.66. The molecule has 4 heterocycles. The fourth-order valence-electron chi connectivity index (χ4n) is 4.78. The van der Waals surface area contributed by atoms with Crippen molar-refractivity contribution < 1.29 is 9.53 Å². The summed E-state index contributed by atoms with van der Waals surface area (Å²) in [5.74, 6) is 0.802. The SMILES string of the molecule is CC1CC(N(C)c2ccc(-c3ccc(-n4cccn4)c4cn[nH]c34)nn2)CCN1C(=O)OC(C)(C)C. The lowest BCUT2D eigenvalue weighted by Crippen LogP contribution is -2.51. The van der Waals surface area contributed by atoms with E-state index in [2.05, 4.69) is 37.3 Å². The van der Waals surface area contributed by atoms with Gasteiger partial charge in [-0.15, -0.1) is 10.2 Å². The van der Waals surface area contributed by atoms with Crippen LogP contribution in [0.15, 0.2) is 48.9 Å². The smallest absolute Gasteiger partial charge is 0.410 e. The van der Waals surface area contributed by atoms with Gasteiger partial charge in [-0.3, -0.25) is 5.10 Å². The third-order valence-corrected chi connectivity index (χ3v) is 6.66. The van der Waals surface area contributed by atoms with Crippen molar-refractivity contribution in [2.75, 3.05) is 18.5 Å². The molecule has 1 aliphatic rings. The number of carbonyl (C=O) groups is 1. The van der Waals surface area contributed by atoms with Crippen LogP contribution in [0.3, 0.4) is 0 Å². The largest absolute Gasteiger partial charge is 0.444 e. The molecule has 10 heteroatoms. The molecule has 1 aromatic carbocycles. The van der Waals surface area contributed by atoms with E-state index in [1.165, 1.54) is 0 Å². The zero-order chi connectivity index (χ0) is 25.4. The fourth-order valence-corrected chi connectivity index (χ4v) is 4.78. The first kappa shape index (κ1) is 23.8. The monoisotopic (exact) mass is 488 g/mol. The van der Waals surface area contributed by atoms with Crippen LogP contribution in [-0.4, -0.2) is 72.4 Å². The number of anilines is 1. The molecule has 0 saturated carbocycles. The molecule has 2 unspecified atom stereocenters. The number of aromatic amines is 1. The van der Waals surface area contributed by atoms with Gasteiger partial charge in [-0.25, -0.2) is 9.48 Å². The fraction of sp³-hybridized carbons (Fsp3) is 0.423. The van der Waals surface area contributed by atoms with Gasteiger partial charge in [-0.05, 0) is 70.9 Å². The predicted octanol–water partition coefficient (Wildman–Crippen LogP) is 4.43. The summed E-state index contributed by atoms with van der Waals surface area (Å²) < 4.78 is 7.40. The maximum absolute atomic E-state index is 12.6. The molecule has 4 aromatic rings. The average molecular weight is 489 g/mol. The van der Waals surface area contributed by atoms with E-state index >= 15 is 0 Å². The summed E-state index contributed by atoms with van der Waals surface area (Å²) in [6, 6.07) is 10.2. The molecule has 36 heavy (non-hydrogen) atoms. The summed E-state index contributed by atoms with van der Waals surface area (Å²) in [5, 5.41) is 21.7. The van der Waals surface area contributed by atoms with Crippen molar-refractivity contribution in [3.05, 3.63) is 48.9 Å². The van der Waals surface area contributed by atoms with Crippen molar-refractivity contribution in [1.82, 2.24) is 35.1 Å². The molecule has 0 aliphatic carbocycles. The summed E-state index contributed by atoms with van der Waals surface area (Å²) in [7, 11) is 2.04. The molecule has 1 amide bonds. The Labute approximate surface area is 210 Å². The number of hydrogen-bond acceptors (Lipinski definition) is 7. The van der Waals surface area contributed by atoms with Gasteiger partial charge in [0.2, 0.25) is 0 Å². The van der Waals surface area contributed by atoms with Crippen LogP contribution in [0.5, 0.6) is 0 Å². The number of rotatable bonds is 4. The Kier molecular flexibility index (Phi) is 6.11. The molecule has 10 nitrogen and oxygen atoms in total. The number of carbonyl (C=O) groups excluding carboxylic acids is 1. The molecule has 0 spiro atoms. The van der Waals surface area contributed by atoms with E-state index in [0.717, 1.165) is 46.5 Å². The molecule has 1 saturated heterocycles. The van der Waals surface area contributed by atoms with Crippen LogP contribution in [0.25, 0.3) is 27.8 Å². The maximum atomic E-state index is 12.6. The summed E-state index contributed by atoms with van der Waals surface area (Å²) in [5.41, 5.74) is 3.04. The zero-order valence-corrected chi connectivity index (χ0v) is 21.3. The molecule has 1 fully saturated rings. The molecular formula is C26H32N8O2. The third kappa shape index (κ3) is 4.62. The highest BCUT2D eigenvalue weighted by molar-refractivity contribution is 5.97. The molecule has 0 bridgehead atoms. The van der Waals surface area contributed by atoms with Crippen LogP contribution in [0.2, 0.25) is 0 Å². The molecule has 1 aliphatic heterocycles. The van der Waals surface area contributed by atoms with Crippen molar-refractivity contribution in [2.45, 2.75) is 58.2 Å². The van der Waals surface area contributed by atoms with Crippen LogP contribution in [0.4, 0.5) is 10.6 Å². The second-order valence-corrected chi connectivity index (χ2v) is 10.3. The van der Waals surface area contributed by atoms with E-state index in [1.807, 2.05) is 73.9 Å². The van der Waals surface area contributed by atoms with E-state index in [9.17, 15) is 4.79 Å². The Morgan fingerprint density at radius 2 is 2.03 bits per heavy atom. The summed E-state index contributed by atoms with van der Waals surface area (Å²) >= 11 is 0. The average Bonchev–Trinajstić information content (AvgIpc) is 3.54. The lowest BCUT2D eigenvalue weighted by atomic mass is 9.97. The number of nitrogens with zero attached hydrogens (tertiary/aromatic N) is 7. The number of piperidine rings is 1. The standard InChI is InChI=1S/C26H32N8O2/c1-17-15-18(11-14-33(17)25(35)36-26(2,3)4)32(5)23-10-8-21(29-30-23)19-7-9-22(34-13-6-12-28-34)20-16-27-31-24(19)20/h6-10,12-13,16-18H,11,14-15H2,1-5H3,(H,27,31). The van der Waals surface area contributed by atoms with Crippen LogP contribution in [0.1, 0.15) is 40.5 Å². The highest BCUT2D eigenvalue weighted by Gasteiger charge is 2.33. The van der Waals surface area contributed by atoms with Gasteiger partial charge in [0, 0.05) is 49.0 Å². The van der Waals surface area contributed by atoms with Crippen LogP contribution >= 0.6 is 0 Å².